The Bertz CT molecular complexity index is 844. The molecule has 1 heterocycles. The molecule has 0 amide bonds. The summed E-state index contributed by atoms with van der Waals surface area (Å²) in [5.74, 6) is 0.528. The van der Waals surface area contributed by atoms with E-state index in [0.29, 0.717) is 11.6 Å². The average Bonchev–Trinajstić information content (AvgIpc) is 2.84. The summed E-state index contributed by atoms with van der Waals surface area (Å²) < 4.78 is 5.74. The van der Waals surface area contributed by atoms with Crippen molar-refractivity contribution >= 4 is 16.8 Å². The molecule has 5 heteroatoms. The lowest BCUT2D eigenvalue weighted by atomic mass is 10.1. The van der Waals surface area contributed by atoms with Gasteiger partial charge in [0, 0.05) is 16.2 Å². The fourth-order valence-electron chi connectivity index (χ4n) is 2.06. The van der Waals surface area contributed by atoms with Gasteiger partial charge in [-0.2, -0.15) is 0 Å². The summed E-state index contributed by atoms with van der Waals surface area (Å²) in [7, 11) is 0. The predicted octanol–water partition coefficient (Wildman–Crippen LogP) is 5.05. The molecular formula is C15H12N4O. The van der Waals surface area contributed by atoms with E-state index in [1.165, 1.54) is 0 Å². The van der Waals surface area contributed by atoms with Crippen LogP contribution in [0, 0.1) is 13.8 Å². The minimum Gasteiger partial charge on any atom is -0.436 e. The Balaban J connectivity index is 2.15. The quantitative estimate of drug-likeness (QED) is 0.369. The van der Waals surface area contributed by atoms with Crippen molar-refractivity contribution < 1.29 is 4.42 Å². The van der Waals surface area contributed by atoms with E-state index in [0.717, 1.165) is 27.8 Å². The Hall–Kier alpha value is -2.78. The third-order valence-electron chi connectivity index (χ3n) is 3.15. The molecule has 98 valence electrons. The highest BCUT2D eigenvalue weighted by molar-refractivity contribution is 5.77. The summed E-state index contributed by atoms with van der Waals surface area (Å²) in [5.41, 5.74) is 13.6. The number of azide groups is 1. The number of hydrogen-bond acceptors (Lipinski definition) is 3. The molecule has 0 fully saturated rings. The molecule has 3 aromatic rings. The van der Waals surface area contributed by atoms with Gasteiger partial charge in [-0.05, 0) is 54.8 Å². The Morgan fingerprint density at radius 1 is 1.15 bits per heavy atom. The lowest BCUT2D eigenvalue weighted by Crippen LogP contribution is -1.79. The lowest BCUT2D eigenvalue weighted by Gasteiger charge is -2.00. The van der Waals surface area contributed by atoms with E-state index >= 15 is 0 Å². The number of benzene rings is 2. The lowest BCUT2D eigenvalue weighted by molar-refractivity contribution is 0.620. The molecule has 5 nitrogen and oxygen atoms in total. The first-order valence-electron chi connectivity index (χ1n) is 6.21. The zero-order valence-corrected chi connectivity index (χ0v) is 11.2. The van der Waals surface area contributed by atoms with E-state index in [9.17, 15) is 0 Å². The van der Waals surface area contributed by atoms with Gasteiger partial charge in [0.15, 0.2) is 5.58 Å². The SMILES string of the molecule is Cc1ccc2oc(-c3ccc(C)c(N=[N+]=[N-])c3)nc2c1. The zero-order valence-electron chi connectivity index (χ0n) is 11.2. The Morgan fingerprint density at radius 3 is 2.80 bits per heavy atom. The Kier molecular flexibility index (Phi) is 2.89. The van der Waals surface area contributed by atoms with Gasteiger partial charge >= 0.3 is 0 Å². The van der Waals surface area contributed by atoms with Crippen LogP contribution in [0.5, 0.6) is 0 Å². The highest BCUT2D eigenvalue weighted by Crippen LogP contribution is 2.29. The molecule has 3 rings (SSSR count). The fraction of sp³-hybridized carbons (Fsp3) is 0.133. The van der Waals surface area contributed by atoms with Gasteiger partial charge < -0.3 is 4.42 Å². The van der Waals surface area contributed by atoms with Crippen LogP contribution in [-0.2, 0) is 0 Å². The van der Waals surface area contributed by atoms with Crippen molar-refractivity contribution in [3.05, 3.63) is 58.0 Å². The van der Waals surface area contributed by atoms with Crippen molar-refractivity contribution in [2.75, 3.05) is 0 Å². The molecule has 0 bridgehead atoms. The van der Waals surface area contributed by atoms with Crippen LogP contribution in [0.4, 0.5) is 5.69 Å². The number of oxazole rings is 1. The highest BCUT2D eigenvalue weighted by atomic mass is 16.3. The number of fused-ring (bicyclic) bond motifs is 1. The van der Waals surface area contributed by atoms with Gasteiger partial charge in [-0.15, -0.1) is 0 Å². The van der Waals surface area contributed by atoms with Gasteiger partial charge in [-0.3, -0.25) is 0 Å². The van der Waals surface area contributed by atoms with Crippen LogP contribution in [0.2, 0.25) is 0 Å². The van der Waals surface area contributed by atoms with E-state index in [1.807, 2.05) is 44.2 Å². The molecule has 1 aromatic heterocycles. The van der Waals surface area contributed by atoms with E-state index in [2.05, 4.69) is 15.0 Å². The molecular weight excluding hydrogens is 252 g/mol. The molecule has 0 radical (unpaired) electrons. The summed E-state index contributed by atoms with van der Waals surface area (Å²) >= 11 is 0. The molecule has 0 aliphatic heterocycles. The first-order chi connectivity index (χ1) is 9.67. The van der Waals surface area contributed by atoms with E-state index in [1.54, 1.807) is 6.07 Å². The molecule has 2 aromatic carbocycles. The maximum atomic E-state index is 8.57. The smallest absolute Gasteiger partial charge is 0.227 e. The maximum absolute atomic E-state index is 8.57. The first-order valence-corrected chi connectivity index (χ1v) is 6.21. The topological polar surface area (TPSA) is 74.8 Å². The van der Waals surface area contributed by atoms with Crippen LogP contribution in [-0.4, -0.2) is 4.98 Å². The minimum atomic E-state index is 0.528. The monoisotopic (exact) mass is 264 g/mol. The van der Waals surface area contributed by atoms with Crippen molar-refractivity contribution in [3.63, 3.8) is 0 Å². The normalized spacial score (nSPS) is 10.5. The maximum Gasteiger partial charge on any atom is 0.227 e. The van der Waals surface area contributed by atoms with Crippen molar-refractivity contribution in [1.82, 2.24) is 4.98 Å². The van der Waals surface area contributed by atoms with Gasteiger partial charge in [0.2, 0.25) is 5.89 Å². The van der Waals surface area contributed by atoms with E-state index in [-0.39, 0.29) is 0 Å². The number of aryl methyl sites for hydroxylation is 2. The van der Waals surface area contributed by atoms with Crippen LogP contribution >= 0.6 is 0 Å². The predicted molar refractivity (Wildman–Crippen MR) is 77.7 cm³/mol. The molecule has 0 N–H and O–H groups in total. The molecule has 0 saturated carbocycles. The fourth-order valence-corrected chi connectivity index (χ4v) is 2.06. The van der Waals surface area contributed by atoms with Gasteiger partial charge in [-0.1, -0.05) is 17.2 Å². The average molecular weight is 264 g/mol. The molecule has 0 spiro atoms. The summed E-state index contributed by atoms with van der Waals surface area (Å²) in [4.78, 5) is 7.30. The van der Waals surface area contributed by atoms with E-state index in [4.69, 9.17) is 9.95 Å². The molecule has 0 atom stereocenters. The molecule has 0 unspecified atom stereocenters. The Morgan fingerprint density at radius 2 is 2.00 bits per heavy atom. The molecule has 0 aliphatic rings. The third-order valence-corrected chi connectivity index (χ3v) is 3.15. The van der Waals surface area contributed by atoms with Crippen LogP contribution in [0.15, 0.2) is 45.9 Å². The zero-order chi connectivity index (χ0) is 14.1. The second kappa shape index (κ2) is 4.72. The second-order valence-corrected chi connectivity index (χ2v) is 4.68. The van der Waals surface area contributed by atoms with Crippen LogP contribution in [0.1, 0.15) is 11.1 Å². The number of rotatable bonds is 2. The number of hydrogen-bond donors (Lipinski definition) is 0. The molecule has 20 heavy (non-hydrogen) atoms. The highest BCUT2D eigenvalue weighted by Gasteiger charge is 2.09. The Labute approximate surface area is 115 Å². The third kappa shape index (κ3) is 2.11. The van der Waals surface area contributed by atoms with E-state index < -0.39 is 0 Å². The van der Waals surface area contributed by atoms with Gasteiger partial charge in [0.1, 0.15) is 5.52 Å². The second-order valence-electron chi connectivity index (χ2n) is 4.68. The molecule has 0 aliphatic carbocycles. The minimum absolute atomic E-state index is 0.528. The van der Waals surface area contributed by atoms with Gasteiger partial charge in [-0.25, -0.2) is 4.98 Å². The van der Waals surface area contributed by atoms with Gasteiger partial charge in [0.25, 0.3) is 0 Å². The number of aromatic nitrogens is 1. The van der Waals surface area contributed by atoms with Crippen molar-refractivity contribution in [2.45, 2.75) is 13.8 Å². The summed E-state index contributed by atoms with van der Waals surface area (Å²) in [6.45, 7) is 3.91. The number of nitrogens with zero attached hydrogens (tertiary/aromatic N) is 4. The van der Waals surface area contributed by atoms with Crippen LogP contribution in [0.25, 0.3) is 33.0 Å². The largest absolute Gasteiger partial charge is 0.436 e. The van der Waals surface area contributed by atoms with Crippen LogP contribution in [0.3, 0.4) is 0 Å². The summed E-state index contributed by atoms with van der Waals surface area (Å²) in [6, 6.07) is 11.4. The van der Waals surface area contributed by atoms with Crippen molar-refractivity contribution in [2.24, 2.45) is 5.11 Å². The summed E-state index contributed by atoms with van der Waals surface area (Å²) in [5, 5.41) is 3.67. The van der Waals surface area contributed by atoms with Crippen LogP contribution < -0.4 is 0 Å². The van der Waals surface area contributed by atoms with Gasteiger partial charge in [0.05, 0.1) is 0 Å². The standard InChI is InChI=1S/C15H12N4O/c1-9-3-6-14-13(7-9)17-15(20-14)11-5-4-10(2)12(8-11)18-19-16/h3-8H,1-2H3. The first kappa shape index (κ1) is 12.3. The molecule has 0 saturated heterocycles. The van der Waals surface area contributed by atoms with Crippen molar-refractivity contribution in [3.8, 4) is 11.5 Å². The van der Waals surface area contributed by atoms with Crippen molar-refractivity contribution in [1.29, 1.82) is 0 Å². The summed E-state index contributed by atoms with van der Waals surface area (Å²) in [6.07, 6.45) is 0.